The van der Waals surface area contributed by atoms with E-state index in [1.165, 1.54) is 17.8 Å². The maximum Gasteiger partial charge on any atom is 0.459 e. The molecule has 2 aliphatic rings. The van der Waals surface area contributed by atoms with E-state index in [-0.39, 0.29) is 30.8 Å². The van der Waals surface area contributed by atoms with Crippen molar-refractivity contribution in [2.75, 3.05) is 17.7 Å². The number of rotatable bonds is 12. The molecule has 3 heterocycles. The van der Waals surface area contributed by atoms with Crippen LogP contribution in [0.15, 0.2) is 36.7 Å². The number of esters is 1. The predicted molar refractivity (Wildman–Crippen MR) is 144 cm³/mol. The number of benzene rings is 1. The second-order valence-corrected chi connectivity index (χ2v) is 11.8. The van der Waals surface area contributed by atoms with Crippen molar-refractivity contribution >= 4 is 36.6 Å². The predicted octanol–water partition coefficient (Wildman–Crippen LogP) is 3.74. The Morgan fingerprint density at radius 2 is 2.00 bits per heavy atom. The van der Waals surface area contributed by atoms with E-state index in [0.29, 0.717) is 23.0 Å². The van der Waals surface area contributed by atoms with Crippen LogP contribution in [0.3, 0.4) is 0 Å². The van der Waals surface area contributed by atoms with Crippen molar-refractivity contribution < 1.29 is 32.3 Å². The van der Waals surface area contributed by atoms with Crippen LogP contribution in [-0.4, -0.2) is 62.6 Å². The van der Waals surface area contributed by atoms with Crippen LogP contribution in [-0.2, 0) is 23.4 Å². The summed E-state index contributed by atoms with van der Waals surface area (Å²) in [6.07, 6.45) is -0.217. The maximum absolute atomic E-state index is 15.3. The number of nitrogens with zero attached hydrogens (tertiary/aromatic N) is 4. The number of carbonyl (C=O) groups is 1. The molecule has 40 heavy (non-hydrogen) atoms. The summed E-state index contributed by atoms with van der Waals surface area (Å²) in [5.74, 6) is 0.155. The van der Waals surface area contributed by atoms with E-state index in [9.17, 15) is 9.36 Å². The first-order valence-electron chi connectivity index (χ1n) is 13.1. The fraction of sp³-hybridized carbons (Fsp3) is 0.520. The van der Waals surface area contributed by atoms with Gasteiger partial charge in [0.2, 0.25) is 5.95 Å². The molecule has 0 spiro atoms. The molecule has 0 radical (unpaired) electrons. The summed E-state index contributed by atoms with van der Waals surface area (Å²) < 4.78 is 52.9. The quantitative estimate of drug-likeness (QED) is 0.211. The molecule has 1 saturated carbocycles. The summed E-state index contributed by atoms with van der Waals surface area (Å²) in [6.45, 7) is 4.62. The lowest BCUT2D eigenvalue weighted by molar-refractivity contribution is -0.149. The molecule has 1 aliphatic carbocycles. The number of carbonyl (C=O) groups excluding carboxylic acids is 1. The number of nitrogens with two attached hydrogens (primary N) is 1. The van der Waals surface area contributed by atoms with Crippen LogP contribution < -0.4 is 20.7 Å². The first-order chi connectivity index (χ1) is 19.1. The van der Waals surface area contributed by atoms with Crippen molar-refractivity contribution in [1.29, 1.82) is 0 Å². The van der Waals surface area contributed by atoms with Crippen molar-refractivity contribution in [2.24, 2.45) is 0 Å². The fourth-order valence-corrected chi connectivity index (χ4v) is 5.73. The molecule has 1 unspecified atom stereocenters. The third-order valence-corrected chi connectivity index (χ3v) is 7.86. The number of hydrogen-bond acceptors (Lipinski definition) is 11. The van der Waals surface area contributed by atoms with Gasteiger partial charge in [-0.2, -0.15) is 15.1 Å². The van der Waals surface area contributed by atoms with Crippen molar-refractivity contribution in [3.05, 3.63) is 36.7 Å². The van der Waals surface area contributed by atoms with E-state index in [2.05, 4.69) is 25.4 Å². The van der Waals surface area contributed by atoms with E-state index in [0.717, 1.165) is 12.8 Å². The number of imidazole rings is 1. The van der Waals surface area contributed by atoms with E-state index in [1.54, 1.807) is 44.2 Å². The molecule has 15 heteroatoms. The van der Waals surface area contributed by atoms with Gasteiger partial charge >= 0.3 is 13.7 Å². The second-order valence-electron chi connectivity index (χ2n) is 10.1. The van der Waals surface area contributed by atoms with Gasteiger partial charge in [-0.3, -0.25) is 13.9 Å². The van der Waals surface area contributed by atoms with E-state index >= 15 is 4.39 Å². The van der Waals surface area contributed by atoms with Crippen molar-refractivity contribution in [1.82, 2.24) is 24.6 Å². The lowest BCUT2D eigenvalue weighted by Gasteiger charge is -2.24. The highest BCUT2D eigenvalue weighted by Crippen LogP contribution is 2.46. The summed E-state index contributed by atoms with van der Waals surface area (Å²) in [4.78, 5) is 25.2. The van der Waals surface area contributed by atoms with Gasteiger partial charge in [-0.05, 0) is 45.7 Å². The van der Waals surface area contributed by atoms with Crippen LogP contribution >= 0.6 is 7.75 Å². The van der Waals surface area contributed by atoms with Gasteiger partial charge in [0.15, 0.2) is 23.2 Å². The number of anilines is 2. The zero-order valence-corrected chi connectivity index (χ0v) is 23.3. The number of para-hydroxylation sites is 1. The lowest BCUT2D eigenvalue weighted by atomic mass is 10.2. The Balaban J connectivity index is 1.29. The Kier molecular flexibility index (Phi) is 8.22. The Hall–Kier alpha value is -3.32. The van der Waals surface area contributed by atoms with Gasteiger partial charge in [-0.25, -0.2) is 13.9 Å². The molecule has 2 fully saturated rings. The average Bonchev–Trinajstić information content (AvgIpc) is 3.49. The largest absolute Gasteiger partial charge is 0.462 e. The SMILES string of the molecule is CC(C)OC(=O)[C@H](C)NP(=O)(OC[C@@H]1C[C@H](F)[C@H](n2cnc3c(NC4CC4)nc(N)nc32)O1)Oc1ccccc1. The first kappa shape index (κ1) is 28.2. The van der Waals surface area contributed by atoms with Gasteiger partial charge in [-0.15, -0.1) is 0 Å². The van der Waals surface area contributed by atoms with Crippen molar-refractivity contribution in [3.63, 3.8) is 0 Å². The van der Waals surface area contributed by atoms with Gasteiger partial charge in [0.25, 0.3) is 0 Å². The van der Waals surface area contributed by atoms with E-state index in [4.69, 9.17) is 24.3 Å². The van der Waals surface area contributed by atoms with E-state index in [1.807, 2.05) is 0 Å². The Bertz CT molecular complexity index is 1390. The number of aromatic nitrogens is 4. The molecule has 2 aromatic heterocycles. The highest BCUT2D eigenvalue weighted by Gasteiger charge is 2.41. The van der Waals surface area contributed by atoms with Crippen LogP contribution in [0.4, 0.5) is 16.2 Å². The summed E-state index contributed by atoms with van der Waals surface area (Å²) >= 11 is 0. The molecule has 1 saturated heterocycles. The second kappa shape index (κ2) is 11.7. The number of ether oxygens (including phenoxy) is 2. The third kappa shape index (κ3) is 6.69. The van der Waals surface area contributed by atoms with Gasteiger partial charge in [0.05, 0.1) is 25.1 Å². The standard InChI is InChI=1S/C25H33FN7O6P/c1-14(2)37-24(34)15(3)32-40(35,39-17-7-5-4-6-8-17)36-12-18-11-19(26)23(38-18)33-13-28-20-21(29-16-9-10-16)30-25(27)31-22(20)33/h4-8,13-16,18-19,23H,9-12H2,1-3H3,(H,32,35)(H3,27,29,30,31)/t15-,18-,19-,23+,40?/m0/s1. The van der Waals surface area contributed by atoms with Crippen LogP contribution in [0.1, 0.15) is 46.3 Å². The molecule has 1 aliphatic heterocycles. The van der Waals surface area contributed by atoms with Crippen LogP contribution in [0.25, 0.3) is 11.2 Å². The van der Waals surface area contributed by atoms with Crippen LogP contribution in [0.2, 0.25) is 0 Å². The Morgan fingerprint density at radius 1 is 1.25 bits per heavy atom. The number of halogens is 1. The topological polar surface area (TPSA) is 165 Å². The van der Waals surface area contributed by atoms with Crippen molar-refractivity contribution in [2.45, 2.75) is 76.7 Å². The molecular weight excluding hydrogens is 544 g/mol. The molecule has 13 nitrogen and oxygen atoms in total. The molecule has 216 valence electrons. The molecule has 0 amide bonds. The average molecular weight is 578 g/mol. The lowest BCUT2D eigenvalue weighted by Crippen LogP contribution is -2.36. The monoisotopic (exact) mass is 577 g/mol. The first-order valence-corrected chi connectivity index (χ1v) is 14.7. The zero-order valence-electron chi connectivity index (χ0n) is 22.4. The molecule has 0 bridgehead atoms. The molecule has 4 N–H and O–H groups in total. The minimum Gasteiger partial charge on any atom is -0.462 e. The smallest absolute Gasteiger partial charge is 0.459 e. The number of alkyl halides is 1. The molecule has 1 aromatic carbocycles. The summed E-state index contributed by atoms with van der Waals surface area (Å²) in [5, 5.41) is 5.88. The minimum absolute atomic E-state index is 0.0286. The van der Waals surface area contributed by atoms with Crippen LogP contribution in [0, 0.1) is 0 Å². The normalized spacial score (nSPS) is 23.2. The Morgan fingerprint density at radius 3 is 2.70 bits per heavy atom. The van der Waals surface area contributed by atoms with Gasteiger partial charge in [-0.1, -0.05) is 18.2 Å². The molecule has 5 rings (SSSR count). The fourth-order valence-electron chi connectivity index (χ4n) is 4.21. The number of hydrogen-bond donors (Lipinski definition) is 3. The number of fused-ring (bicyclic) bond motifs is 1. The number of nitrogen functional groups attached to an aromatic ring is 1. The summed E-state index contributed by atoms with van der Waals surface area (Å²) in [7, 11) is -4.12. The van der Waals surface area contributed by atoms with Crippen molar-refractivity contribution in [3.8, 4) is 5.75 Å². The summed E-state index contributed by atoms with van der Waals surface area (Å²) in [6, 6.07) is 7.66. The summed E-state index contributed by atoms with van der Waals surface area (Å²) in [5.41, 5.74) is 6.71. The van der Waals surface area contributed by atoms with Gasteiger partial charge in [0, 0.05) is 12.5 Å². The highest BCUT2D eigenvalue weighted by atomic mass is 31.2. The Labute approximate surface area is 230 Å². The number of nitrogens with one attached hydrogen (secondary N) is 2. The molecule has 5 atom stereocenters. The van der Waals surface area contributed by atoms with Gasteiger partial charge < -0.3 is 25.0 Å². The van der Waals surface area contributed by atoms with Crippen LogP contribution in [0.5, 0.6) is 5.75 Å². The minimum atomic E-state index is -4.12. The molecular formula is C25H33FN7O6P. The van der Waals surface area contributed by atoms with Gasteiger partial charge in [0.1, 0.15) is 18.0 Å². The third-order valence-electron chi connectivity index (χ3n) is 6.22. The zero-order chi connectivity index (χ0) is 28.4. The van der Waals surface area contributed by atoms with E-state index < -0.39 is 38.3 Å². The highest BCUT2D eigenvalue weighted by molar-refractivity contribution is 7.52. The molecule has 3 aromatic rings. The maximum atomic E-state index is 15.3.